The molecule has 3 nitrogen and oxygen atoms in total. The Kier molecular flexibility index (Phi) is 5.90. The van der Waals surface area contributed by atoms with Gasteiger partial charge in [0.2, 0.25) is 5.62 Å². The van der Waals surface area contributed by atoms with Gasteiger partial charge in [-0.25, -0.2) is 9.98 Å². The maximum absolute atomic E-state index is 6.62. The molecule has 0 amide bonds. The van der Waals surface area contributed by atoms with Gasteiger partial charge in [-0.3, -0.25) is 0 Å². The average molecular weight is 454 g/mol. The van der Waals surface area contributed by atoms with Crippen molar-refractivity contribution in [3.05, 3.63) is 113 Å². The van der Waals surface area contributed by atoms with Crippen molar-refractivity contribution >= 4 is 28.8 Å². The van der Waals surface area contributed by atoms with E-state index in [1.807, 2.05) is 11.9 Å². The quantitative estimate of drug-likeness (QED) is 0.366. The topological polar surface area (TPSA) is 28.0 Å². The summed E-state index contributed by atoms with van der Waals surface area (Å²) in [6.45, 7) is 2.27. The molecule has 1 heterocycles. The summed E-state index contributed by atoms with van der Waals surface area (Å²) in [6.07, 6.45) is 16.6. The number of allylic oxidation sites excluding steroid dienone is 6. The summed E-state index contributed by atoms with van der Waals surface area (Å²) in [5.74, 6) is 1.53. The number of amidine groups is 2. The number of rotatable bonds is 4. The second-order valence-electron chi connectivity index (χ2n) is 9.01. The molecule has 0 saturated heterocycles. The summed E-state index contributed by atoms with van der Waals surface area (Å²) in [7, 11) is 1.95. The fourth-order valence-electron chi connectivity index (χ4n) is 4.47. The smallest absolute Gasteiger partial charge is 0.201 e. The van der Waals surface area contributed by atoms with Crippen molar-refractivity contribution in [3.63, 3.8) is 0 Å². The third-order valence-corrected chi connectivity index (χ3v) is 7.02. The van der Waals surface area contributed by atoms with Gasteiger partial charge < -0.3 is 4.90 Å². The van der Waals surface area contributed by atoms with Crippen LogP contribution in [0.15, 0.2) is 107 Å². The van der Waals surface area contributed by atoms with Gasteiger partial charge in [-0.05, 0) is 36.0 Å². The number of benzene rings is 2. The second kappa shape index (κ2) is 8.99. The molecule has 4 heteroatoms. The zero-order chi connectivity index (χ0) is 22.8. The van der Waals surface area contributed by atoms with Gasteiger partial charge in [0.05, 0.1) is 0 Å². The van der Waals surface area contributed by atoms with E-state index in [9.17, 15) is 0 Å². The first-order chi connectivity index (χ1) is 16.0. The summed E-state index contributed by atoms with van der Waals surface area (Å²) < 4.78 is 0. The predicted octanol–water partition coefficient (Wildman–Crippen LogP) is 6.88. The largest absolute Gasteiger partial charge is 0.324 e. The van der Waals surface area contributed by atoms with Gasteiger partial charge in [-0.15, -0.1) is 0 Å². The Morgan fingerprint density at radius 1 is 0.909 bits per heavy atom. The van der Waals surface area contributed by atoms with Crippen LogP contribution in [0.2, 0.25) is 0 Å². The molecule has 166 valence electrons. The molecule has 0 fully saturated rings. The molecule has 2 aromatic rings. The molecule has 0 N–H and O–H groups in total. The first-order valence-corrected chi connectivity index (χ1v) is 11.9. The van der Waals surface area contributed by atoms with Crippen LogP contribution in [0.4, 0.5) is 0 Å². The van der Waals surface area contributed by atoms with E-state index in [4.69, 9.17) is 16.6 Å². The highest BCUT2D eigenvalue weighted by Crippen LogP contribution is 2.34. The average Bonchev–Trinajstić information content (AvgIpc) is 2.87. The summed E-state index contributed by atoms with van der Waals surface area (Å²) in [5, 5.41) is 0. The van der Waals surface area contributed by atoms with Crippen LogP contribution in [0.1, 0.15) is 42.9 Å². The number of nitrogens with zero attached hydrogens (tertiary/aromatic N) is 3. The summed E-state index contributed by atoms with van der Waals surface area (Å²) in [6, 6.07) is 19.1. The molecule has 0 aromatic heterocycles. The van der Waals surface area contributed by atoms with Crippen LogP contribution in [0, 0.1) is 0 Å². The van der Waals surface area contributed by atoms with Crippen LogP contribution < -0.4 is 0 Å². The van der Waals surface area contributed by atoms with Gasteiger partial charge in [0.1, 0.15) is 5.84 Å². The molecule has 0 bridgehead atoms. The molecule has 0 spiro atoms. The van der Waals surface area contributed by atoms with E-state index in [1.165, 1.54) is 16.7 Å². The number of halogens is 1. The summed E-state index contributed by atoms with van der Waals surface area (Å²) in [4.78, 5) is 11.5. The zero-order valence-electron chi connectivity index (χ0n) is 19.1. The molecule has 2 aliphatic carbocycles. The lowest BCUT2D eigenvalue weighted by Crippen LogP contribution is -2.38. The lowest BCUT2D eigenvalue weighted by molar-refractivity contribution is 0.471. The van der Waals surface area contributed by atoms with E-state index in [0.717, 1.165) is 36.2 Å². The molecule has 2 aromatic carbocycles. The Labute approximate surface area is 201 Å². The normalized spacial score (nSPS) is 24.7. The van der Waals surface area contributed by atoms with Gasteiger partial charge in [0.25, 0.3) is 0 Å². The minimum Gasteiger partial charge on any atom is -0.324 e. The van der Waals surface area contributed by atoms with Crippen LogP contribution >= 0.6 is 11.6 Å². The molecular formula is C29H28ClN3. The van der Waals surface area contributed by atoms with Gasteiger partial charge in [-0.2, -0.15) is 0 Å². The Morgan fingerprint density at radius 2 is 1.67 bits per heavy atom. The van der Waals surface area contributed by atoms with Crippen LogP contribution in [-0.4, -0.2) is 29.2 Å². The fraction of sp³-hybridized carbons (Fsp3) is 0.241. The van der Waals surface area contributed by atoms with Crippen molar-refractivity contribution < 1.29 is 0 Å². The third-order valence-electron chi connectivity index (χ3n) is 6.63. The summed E-state index contributed by atoms with van der Waals surface area (Å²) in [5.41, 5.74) is 5.35. The number of likely N-dealkylation sites (N-methyl/N-ethyl adjacent to an activating group) is 1. The SMILES string of the molecule is CN1C(C2=CCC(C)(c3ccccc3)C=C2)=NC(c2ccc(C3=CCCC=C3)cc2)=NC1Cl. The number of hydrogen-bond acceptors (Lipinski definition) is 3. The highest BCUT2D eigenvalue weighted by molar-refractivity contribution is 6.25. The molecule has 2 unspecified atom stereocenters. The standard InChI is InChI=1S/C29H28ClN3/c1-29(25-11-7-4-8-12-25)19-17-24(18-20-29)27-31-26(32-28(30)33(27)2)23-15-13-22(14-16-23)21-9-5-3-6-10-21/h4-5,7-19,28H,3,6,20H2,1-2H3. The van der Waals surface area contributed by atoms with Crippen molar-refractivity contribution in [2.45, 2.75) is 37.2 Å². The van der Waals surface area contributed by atoms with E-state index in [0.29, 0.717) is 5.84 Å². The van der Waals surface area contributed by atoms with Crippen molar-refractivity contribution in [3.8, 4) is 0 Å². The Morgan fingerprint density at radius 3 is 2.33 bits per heavy atom. The van der Waals surface area contributed by atoms with E-state index in [2.05, 4.69) is 103 Å². The minimum absolute atomic E-state index is 0.0199. The fourth-order valence-corrected chi connectivity index (χ4v) is 4.66. The minimum atomic E-state index is -0.493. The van der Waals surface area contributed by atoms with E-state index < -0.39 is 5.62 Å². The van der Waals surface area contributed by atoms with Crippen LogP contribution in [-0.2, 0) is 5.41 Å². The molecular weight excluding hydrogens is 426 g/mol. The second-order valence-corrected chi connectivity index (χ2v) is 9.40. The van der Waals surface area contributed by atoms with Crippen molar-refractivity contribution in [2.24, 2.45) is 9.98 Å². The lowest BCUT2D eigenvalue weighted by atomic mass is 9.76. The number of hydrogen-bond donors (Lipinski definition) is 0. The Balaban J connectivity index is 1.40. The first kappa shape index (κ1) is 21.7. The van der Waals surface area contributed by atoms with Crippen molar-refractivity contribution in [1.29, 1.82) is 0 Å². The molecule has 1 aliphatic heterocycles. The molecule has 0 radical (unpaired) electrons. The Hall–Kier alpha value is -3.17. The third kappa shape index (κ3) is 4.38. The van der Waals surface area contributed by atoms with Crippen LogP contribution in [0.5, 0.6) is 0 Å². The van der Waals surface area contributed by atoms with Gasteiger partial charge in [0, 0.05) is 23.6 Å². The molecule has 2 atom stereocenters. The van der Waals surface area contributed by atoms with Gasteiger partial charge >= 0.3 is 0 Å². The van der Waals surface area contributed by atoms with Gasteiger partial charge in [-0.1, -0.05) is 110 Å². The van der Waals surface area contributed by atoms with Crippen LogP contribution in [0.3, 0.4) is 0 Å². The van der Waals surface area contributed by atoms with Crippen molar-refractivity contribution in [2.75, 3.05) is 7.05 Å². The van der Waals surface area contributed by atoms with E-state index in [1.54, 1.807) is 0 Å². The maximum Gasteiger partial charge on any atom is 0.201 e. The number of alkyl halides is 1. The number of aliphatic imine (C=N–C) groups is 2. The molecule has 33 heavy (non-hydrogen) atoms. The first-order valence-electron chi connectivity index (χ1n) is 11.5. The molecule has 3 aliphatic rings. The predicted molar refractivity (Wildman–Crippen MR) is 140 cm³/mol. The monoisotopic (exact) mass is 453 g/mol. The van der Waals surface area contributed by atoms with E-state index >= 15 is 0 Å². The molecule has 0 saturated carbocycles. The molecule has 5 rings (SSSR count). The highest BCUT2D eigenvalue weighted by atomic mass is 35.5. The van der Waals surface area contributed by atoms with Crippen molar-refractivity contribution in [1.82, 2.24) is 4.90 Å². The zero-order valence-corrected chi connectivity index (χ0v) is 19.8. The van der Waals surface area contributed by atoms with E-state index in [-0.39, 0.29) is 5.41 Å². The lowest BCUT2D eigenvalue weighted by Gasteiger charge is -2.32. The maximum atomic E-state index is 6.62. The Bertz CT molecular complexity index is 1220. The van der Waals surface area contributed by atoms with Gasteiger partial charge in [0.15, 0.2) is 5.84 Å². The summed E-state index contributed by atoms with van der Waals surface area (Å²) >= 11 is 6.62. The van der Waals surface area contributed by atoms with Crippen LogP contribution in [0.25, 0.3) is 5.57 Å². The highest BCUT2D eigenvalue weighted by Gasteiger charge is 2.29.